The van der Waals surface area contributed by atoms with Crippen molar-refractivity contribution in [1.82, 2.24) is 15.2 Å². The van der Waals surface area contributed by atoms with Crippen LogP contribution in [0.3, 0.4) is 0 Å². The van der Waals surface area contributed by atoms with E-state index in [4.69, 9.17) is 5.11 Å². The lowest BCUT2D eigenvalue weighted by Crippen LogP contribution is -2.43. The number of amides is 1. The van der Waals surface area contributed by atoms with Gasteiger partial charge in [0.1, 0.15) is 6.04 Å². The van der Waals surface area contributed by atoms with Crippen LogP contribution in [-0.2, 0) is 16.0 Å². The molecule has 0 spiro atoms. The first-order chi connectivity index (χ1) is 10.5. The molecule has 0 radical (unpaired) electrons. The van der Waals surface area contributed by atoms with Crippen molar-refractivity contribution < 1.29 is 14.7 Å². The fourth-order valence-corrected chi connectivity index (χ4v) is 2.91. The Balaban J connectivity index is 1.78. The summed E-state index contributed by atoms with van der Waals surface area (Å²) >= 11 is 1.62. The van der Waals surface area contributed by atoms with Gasteiger partial charge in [0.15, 0.2) is 0 Å². The average Bonchev–Trinajstić information content (AvgIpc) is 2.88. The van der Waals surface area contributed by atoms with E-state index in [1.807, 2.05) is 24.3 Å². The van der Waals surface area contributed by atoms with Crippen LogP contribution < -0.4 is 5.32 Å². The Bertz CT molecular complexity index is 638. The zero-order valence-electron chi connectivity index (χ0n) is 12.6. The predicted octanol–water partition coefficient (Wildman–Crippen LogP) is 1.36. The molecule has 2 aromatic rings. The number of hydrogen-bond donors (Lipinski definition) is 2. The van der Waals surface area contributed by atoms with Crippen LogP contribution in [0.25, 0.3) is 10.2 Å². The standard InChI is InChI=1S/C15H19N3O3S/c1-10(15(20)21)18(2)9-13(19)16-8-7-14-17-11-5-3-4-6-12(11)22-14/h3-6,10H,7-9H2,1-2H3,(H,16,19)(H,20,21). The summed E-state index contributed by atoms with van der Waals surface area (Å²) in [7, 11) is 1.62. The molecule has 1 amide bonds. The van der Waals surface area contributed by atoms with E-state index in [-0.39, 0.29) is 12.5 Å². The van der Waals surface area contributed by atoms with Crippen molar-refractivity contribution in [1.29, 1.82) is 0 Å². The summed E-state index contributed by atoms with van der Waals surface area (Å²) in [5, 5.41) is 12.7. The Morgan fingerprint density at radius 1 is 1.41 bits per heavy atom. The zero-order chi connectivity index (χ0) is 16.1. The average molecular weight is 321 g/mol. The quantitative estimate of drug-likeness (QED) is 0.804. The summed E-state index contributed by atoms with van der Waals surface area (Å²) in [6.07, 6.45) is 0.670. The minimum absolute atomic E-state index is 0.0628. The number of rotatable bonds is 7. The fourth-order valence-electron chi connectivity index (χ4n) is 1.94. The smallest absolute Gasteiger partial charge is 0.320 e. The van der Waals surface area contributed by atoms with Gasteiger partial charge in [-0.1, -0.05) is 12.1 Å². The third kappa shape index (κ3) is 4.25. The van der Waals surface area contributed by atoms with Crippen molar-refractivity contribution in [2.75, 3.05) is 20.1 Å². The Morgan fingerprint density at radius 2 is 2.14 bits per heavy atom. The number of para-hydroxylation sites is 1. The van der Waals surface area contributed by atoms with Gasteiger partial charge in [0.25, 0.3) is 0 Å². The summed E-state index contributed by atoms with van der Waals surface area (Å²) in [4.78, 5) is 28.6. The van der Waals surface area contributed by atoms with Gasteiger partial charge >= 0.3 is 5.97 Å². The number of aliphatic carboxylic acids is 1. The Kier molecular flexibility index (Phi) is 5.46. The highest BCUT2D eigenvalue weighted by Crippen LogP contribution is 2.21. The van der Waals surface area contributed by atoms with Crippen LogP contribution in [0.2, 0.25) is 0 Å². The van der Waals surface area contributed by atoms with Gasteiger partial charge < -0.3 is 10.4 Å². The summed E-state index contributed by atoms with van der Waals surface area (Å²) in [5.74, 6) is -1.12. The lowest BCUT2D eigenvalue weighted by atomic mass is 10.3. The highest BCUT2D eigenvalue weighted by atomic mass is 32.1. The maximum atomic E-state index is 11.8. The van der Waals surface area contributed by atoms with E-state index in [1.165, 1.54) is 4.90 Å². The van der Waals surface area contributed by atoms with Gasteiger partial charge in [-0.3, -0.25) is 14.5 Å². The second kappa shape index (κ2) is 7.33. The number of carboxylic acid groups (broad SMARTS) is 1. The normalized spacial score (nSPS) is 12.5. The SMILES string of the molecule is CC(C(=O)O)N(C)CC(=O)NCCc1nc2ccccc2s1. The van der Waals surface area contributed by atoms with E-state index in [0.29, 0.717) is 13.0 Å². The van der Waals surface area contributed by atoms with Gasteiger partial charge in [-0.05, 0) is 26.1 Å². The van der Waals surface area contributed by atoms with Crippen molar-refractivity contribution in [3.8, 4) is 0 Å². The molecule has 2 N–H and O–H groups in total. The number of thiazole rings is 1. The number of hydrogen-bond acceptors (Lipinski definition) is 5. The first kappa shape index (κ1) is 16.4. The molecule has 6 nitrogen and oxygen atoms in total. The number of carbonyl (C=O) groups excluding carboxylic acids is 1. The van der Waals surface area contributed by atoms with Crippen LogP contribution in [0.5, 0.6) is 0 Å². The minimum Gasteiger partial charge on any atom is -0.480 e. The number of aromatic nitrogens is 1. The van der Waals surface area contributed by atoms with Crippen LogP contribution in [0.1, 0.15) is 11.9 Å². The van der Waals surface area contributed by atoms with Crippen molar-refractivity contribution in [3.05, 3.63) is 29.3 Å². The molecule has 118 valence electrons. The van der Waals surface area contributed by atoms with Gasteiger partial charge in [0.05, 0.1) is 21.8 Å². The van der Waals surface area contributed by atoms with E-state index >= 15 is 0 Å². The molecule has 1 atom stereocenters. The second-order valence-electron chi connectivity index (χ2n) is 5.10. The van der Waals surface area contributed by atoms with Gasteiger partial charge in [-0.2, -0.15) is 0 Å². The number of fused-ring (bicyclic) bond motifs is 1. The highest BCUT2D eigenvalue weighted by Gasteiger charge is 2.18. The highest BCUT2D eigenvalue weighted by molar-refractivity contribution is 7.18. The number of carbonyl (C=O) groups is 2. The first-order valence-corrected chi connectivity index (χ1v) is 7.83. The summed E-state index contributed by atoms with van der Waals surface area (Å²) in [6, 6.07) is 7.24. The molecule has 1 heterocycles. The predicted molar refractivity (Wildman–Crippen MR) is 86.1 cm³/mol. The van der Waals surface area contributed by atoms with Crippen molar-refractivity contribution in [2.24, 2.45) is 0 Å². The van der Waals surface area contributed by atoms with Crippen LogP contribution in [0, 0.1) is 0 Å². The van der Waals surface area contributed by atoms with E-state index in [0.717, 1.165) is 15.2 Å². The Morgan fingerprint density at radius 3 is 2.82 bits per heavy atom. The van der Waals surface area contributed by atoms with Gasteiger partial charge in [0, 0.05) is 13.0 Å². The molecule has 22 heavy (non-hydrogen) atoms. The molecule has 1 aromatic carbocycles. The Labute approximate surface area is 132 Å². The Hall–Kier alpha value is -1.99. The number of carboxylic acids is 1. The number of likely N-dealkylation sites (N-methyl/N-ethyl adjacent to an activating group) is 1. The fraction of sp³-hybridized carbons (Fsp3) is 0.400. The van der Waals surface area contributed by atoms with E-state index in [1.54, 1.807) is 25.3 Å². The minimum atomic E-state index is -0.940. The summed E-state index contributed by atoms with van der Waals surface area (Å²) < 4.78 is 1.14. The first-order valence-electron chi connectivity index (χ1n) is 7.01. The molecular weight excluding hydrogens is 302 g/mol. The van der Waals surface area contributed by atoms with E-state index in [2.05, 4.69) is 10.3 Å². The molecule has 0 aliphatic heterocycles. The second-order valence-corrected chi connectivity index (χ2v) is 6.22. The monoisotopic (exact) mass is 321 g/mol. The number of nitrogens with one attached hydrogen (secondary N) is 1. The van der Waals surface area contributed by atoms with Crippen molar-refractivity contribution >= 4 is 33.4 Å². The van der Waals surface area contributed by atoms with Crippen LogP contribution in [0.15, 0.2) is 24.3 Å². The topological polar surface area (TPSA) is 82.5 Å². The van der Waals surface area contributed by atoms with Gasteiger partial charge in [-0.25, -0.2) is 4.98 Å². The molecule has 0 fully saturated rings. The van der Waals surface area contributed by atoms with E-state index < -0.39 is 12.0 Å². The van der Waals surface area contributed by atoms with Crippen LogP contribution in [0.4, 0.5) is 0 Å². The molecule has 0 saturated carbocycles. The van der Waals surface area contributed by atoms with Crippen LogP contribution >= 0.6 is 11.3 Å². The van der Waals surface area contributed by atoms with Crippen molar-refractivity contribution in [2.45, 2.75) is 19.4 Å². The summed E-state index contributed by atoms with van der Waals surface area (Å²) in [5.41, 5.74) is 0.976. The lowest BCUT2D eigenvalue weighted by Gasteiger charge is -2.20. The summed E-state index contributed by atoms with van der Waals surface area (Å²) in [6.45, 7) is 2.11. The van der Waals surface area contributed by atoms with Crippen molar-refractivity contribution in [3.63, 3.8) is 0 Å². The molecular formula is C15H19N3O3S. The molecule has 0 aliphatic rings. The lowest BCUT2D eigenvalue weighted by molar-refractivity contribution is -0.142. The maximum absolute atomic E-state index is 11.8. The molecule has 0 aliphatic carbocycles. The number of nitrogens with zero attached hydrogens (tertiary/aromatic N) is 2. The largest absolute Gasteiger partial charge is 0.480 e. The molecule has 2 rings (SSSR count). The molecule has 1 aromatic heterocycles. The molecule has 0 saturated heterocycles. The zero-order valence-corrected chi connectivity index (χ0v) is 13.4. The van der Waals surface area contributed by atoms with Crippen LogP contribution in [-0.4, -0.2) is 53.0 Å². The van der Waals surface area contributed by atoms with Gasteiger partial charge in [-0.15, -0.1) is 11.3 Å². The third-order valence-electron chi connectivity index (χ3n) is 3.41. The maximum Gasteiger partial charge on any atom is 0.320 e. The third-order valence-corrected chi connectivity index (χ3v) is 4.51. The molecule has 0 bridgehead atoms. The van der Waals surface area contributed by atoms with Gasteiger partial charge in [0.2, 0.25) is 5.91 Å². The number of benzene rings is 1. The van der Waals surface area contributed by atoms with E-state index in [9.17, 15) is 9.59 Å². The molecule has 7 heteroatoms. The molecule has 1 unspecified atom stereocenters.